The number of para-hydroxylation sites is 1. The predicted octanol–water partition coefficient (Wildman–Crippen LogP) is 5.72. The van der Waals surface area contributed by atoms with Crippen LogP contribution in [0.5, 0.6) is 5.75 Å². The molecule has 0 aliphatic heterocycles. The SMILES string of the molecule is O=C(Nc1ccc(Cl)c(Cl)c1)Nc1nnc(COc2ccccc2Cl)s1. The quantitative estimate of drug-likeness (QED) is 0.544. The molecule has 0 spiro atoms. The number of carbonyl (C=O) groups excluding carboxylic acids is 1. The molecule has 2 N–H and O–H groups in total. The molecule has 2 amide bonds. The number of hydrogen-bond donors (Lipinski definition) is 2. The standard InChI is InChI=1S/C16H11Cl3N4O2S/c17-10-6-5-9(7-12(10)19)20-15(24)21-16-23-22-14(26-16)8-25-13-4-2-1-3-11(13)18/h1-7H,8H2,(H2,20,21,23,24). The molecule has 6 nitrogen and oxygen atoms in total. The third-order valence-corrected chi connectivity index (χ3v) is 4.92. The largest absolute Gasteiger partial charge is 0.485 e. The van der Waals surface area contributed by atoms with Gasteiger partial charge < -0.3 is 10.1 Å². The number of halogens is 3. The molecule has 0 bridgehead atoms. The van der Waals surface area contributed by atoms with Crippen LogP contribution in [0.2, 0.25) is 15.1 Å². The molecule has 10 heteroatoms. The molecule has 0 fully saturated rings. The molecule has 1 heterocycles. The van der Waals surface area contributed by atoms with Gasteiger partial charge in [0.1, 0.15) is 12.4 Å². The number of nitrogens with one attached hydrogen (secondary N) is 2. The second-order valence-electron chi connectivity index (χ2n) is 4.93. The fraction of sp³-hybridized carbons (Fsp3) is 0.0625. The molecule has 0 aliphatic carbocycles. The van der Waals surface area contributed by atoms with Crippen molar-refractivity contribution in [2.45, 2.75) is 6.61 Å². The molecule has 3 aromatic rings. The van der Waals surface area contributed by atoms with Crippen molar-refractivity contribution in [3.63, 3.8) is 0 Å². The number of amides is 2. The van der Waals surface area contributed by atoms with Gasteiger partial charge in [-0.3, -0.25) is 5.32 Å². The molecule has 0 unspecified atom stereocenters. The van der Waals surface area contributed by atoms with E-state index in [1.54, 1.807) is 30.3 Å². The summed E-state index contributed by atoms with van der Waals surface area (Å²) in [5.41, 5.74) is 0.503. The molecule has 0 atom stereocenters. The Balaban J connectivity index is 1.55. The Morgan fingerprint density at radius 1 is 1.00 bits per heavy atom. The highest BCUT2D eigenvalue weighted by atomic mass is 35.5. The van der Waals surface area contributed by atoms with Gasteiger partial charge in [-0.2, -0.15) is 0 Å². The maximum absolute atomic E-state index is 12.0. The molecule has 0 saturated heterocycles. The smallest absolute Gasteiger partial charge is 0.325 e. The molecule has 1 aromatic heterocycles. The third-order valence-electron chi connectivity index (χ3n) is 3.05. The van der Waals surface area contributed by atoms with Gasteiger partial charge >= 0.3 is 6.03 Å². The van der Waals surface area contributed by atoms with Crippen LogP contribution in [-0.4, -0.2) is 16.2 Å². The van der Waals surface area contributed by atoms with Gasteiger partial charge in [0.05, 0.1) is 15.1 Å². The normalized spacial score (nSPS) is 10.4. The first-order valence-electron chi connectivity index (χ1n) is 7.24. The summed E-state index contributed by atoms with van der Waals surface area (Å²) >= 11 is 19.0. The second kappa shape index (κ2) is 8.55. The number of urea groups is 1. The van der Waals surface area contributed by atoms with Gasteiger partial charge in [0.25, 0.3) is 0 Å². The predicted molar refractivity (Wildman–Crippen MR) is 105 cm³/mol. The first-order chi connectivity index (χ1) is 12.5. The summed E-state index contributed by atoms with van der Waals surface area (Å²) in [7, 11) is 0. The molecular formula is C16H11Cl3N4O2S. The Labute approximate surface area is 168 Å². The molecule has 0 aliphatic rings. The number of anilines is 2. The summed E-state index contributed by atoms with van der Waals surface area (Å²) in [6.45, 7) is 0.192. The fourth-order valence-electron chi connectivity index (χ4n) is 1.90. The van der Waals surface area contributed by atoms with Gasteiger partial charge in [0.15, 0.2) is 5.01 Å². The van der Waals surface area contributed by atoms with E-state index in [1.165, 1.54) is 11.3 Å². The van der Waals surface area contributed by atoms with Crippen molar-refractivity contribution in [2.75, 3.05) is 10.6 Å². The summed E-state index contributed by atoms with van der Waals surface area (Å²) in [4.78, 5) is 12.0. The summed E-state index contributed by atoms with van der Waals surface area (Å²) in [6.07, 6.45) is 0. The van der Waals surface area contributed by atoms with Crippen molar-refractivity contribution in [2.24, 2.45) is 0 Å². The highest BCUT2D eigenvalue weighted by Crippen LogP contribution is 2.26. The summed E-state index contributed by atoms with van der Waals surface area (Å²) in [5.74, 6) is 0.552. The summed E-state index contributed by atoms with van der Waals surface area (Å²) in [5, 5.41) is 15.3. The first-order valence-corrected chi connectivity index (χ1v) is 9.19. The molecular weight excluding hydrogens is 419 g/mol. The summed E-state index contributed by atoms with van der Waals surface area (Å²) < 4.78 is 5.58. The number of hydrogen-bond acceptors (Lipinski definition) is 5. The Bertz CT molecular complexity index is 935. The van der Waals surface area contributed by atoms with Gasteiger partial charge in [-0.25, -0.2) is 4.79 Å². The van der Waals surface area contributed by atoms with Crippen LogP contribution in [0.3, 0.4) is 0 Å². The third kappa shape index (κ3) is 4.98. The Morgan fingerprint density at radius 2 is 1.81 bits per heavy atom. The average molecular weight is 430 g/mol. The van der Waals surface area contributed by atoms with Crippen LogP contribution in [0.25, 0.3) is 0 Å². The minimum Gasteiger partial charge on any atom is -0.485 e. The zero-order valence-electron chi connectivity index (χ0n) is 13.0. The summed E-state index contributed by atoms with van der Waals surface area (Å²) in [6, 6.07) is 11.4. The number of nitrogens with zero attached hydrogens (tertiary/aromatic N) is 2. The van der Waals surface area contributed by atoms with Crippen LogP contribution in [0.15, 0.2) is 42.5 Å². The molecule has 26 heavy (non-hydrogen) atoms. The van der Waals surface area contributed by atoms with E-state index < -0.39 is 6.03 Å². The van der Waals surface area contributed by atoms with Crippen molar-refractivity contribution in [1.29, 1.82) is 0 Å². The van der Waals surface area contributed by atoms with E-state index in [-0.39, 0.29) is 6.61 Å². The lowest BCUT2D eigenvalue weighted by Crippen LogP contribution is -2.19. The van der Waals surface area contributed by atoms with Crippen molar-refractivity contribution in [3.05, 3.63) is 62.5 Å². The van der Waals surface area contributed by atoms with E-state index >= 15 is 0 Å². The van der Waals surface area contributed by atoms with E-state index in [9.17, 15) is 4.79 Å². The van der Waals surface area contributed by atoms with Crippen LogP contribution in [-0.2, 0) is 6.61 Å². The van der Waals surface area contributed by atoms with E-state index in [1.807, 2.05) is 12.1 Å². The van der Waals surface area contributed by atoms with Gasteiger partial charge in [-0.15, -0.1) is 10.2 Å². The van der Waals surface area contributed by atoms with Crippen molar-refractivity contribution in [3.8, 4) is 5.75 Å². The van der Waals surface area contributed by atoms with Crippen LogP contribution in [0.1, 0.15) is 5.01 Å². The number of benzene rings is 2. The lowest BCUT2D eigenvalue weighted by Gasteiger charge is -2.06. The van der Waals surface area contributed by atoms with Crippen LogP contribution < -0.4 is 15.4 Å². The van der Waals surface area contributed by atoms with Crippen molar-refractivity contribution in [1.82, 2.24) is 10.2 Å². The van der Waals surface area contributed by atoms with Crippen LogP contribution in [0, 0.1) is 0 Å². The Hall–Kier alpha value is -2.06. The lowest BCUT2D eigenvalue weighted by atomic mass is 10.3. The van der Waals surface area contributed by atoms with E-state index in [0.29, 0.717) is 36.6 Å². The monoisotopic (exact) mass is 428 g/mol. The maximum atomic E-state index is 12.0. The molecule has 2 aromatic carbocycles. The lowest BCUT2D eigenvalue weighted by molar-refractivity contribution is 0.262. The van der Waals surface area contributed by atoms with Crippen LogP contribution in [0.4, 0.5) is 15.6 Å². The highest BCUT2D eigenvalue weighted by molar-refractivity contribution is 7.15. The maximum Gasteiger partial charge on any atom is 0.325 e. The molecule has 0 saturated carbocycles. The Morgan fingerprint density at radius 3 is 2.58 bits per heavy atom. The van der Waals surface area contributed by atoms with Gasteiger partial charge in [-0.1, -0.05) is 58.3 Å². The van der Waals surface area contributed by atoms with Crippen LogP contribution >= 0.6 is 46.1 Å². The number of carbonyl (C=O) groups is 1. The Kier molecular flexibility index (Phi) is 6.16. The molecule has 134 valence electrons. The number of ether oxygens (including phenoxy) is 1. The van der Waals surface area contributed by atoms with E-state index in [4.69, 9.17) is 39.5 Å². The first kappa shape index (κ1) is 18.7. The molecule has 3 rings (SSSR count). The topological polar surface area (TPSA) is 76.1 Å². The average Bonchev–Trinajstić information content (AvgIpc) is 3.05. The highest BCUT2D eigenvalue weighted by Gasteiger charge is 2.10. The van der Waals surface area contributed by atoms with Crippen molar-refractivity contribution >= 4 is 63.0 Å². The van der Waals surface area contributed by atoms with Gasteiger partial charge in [-0.05, 0) is 30.3 Å². The van der Waals surface area contributed by atoms with Gasteiger partial charge in [0, 0.05) is 5.69 Å². The van der Waals surface area contributed by atoms with Gasteiger partial charge in [0.2, 0.25) is 5.13 Å². The number of aromatic nitrogens is 2. The zero-order chi connectivity index (χ0) is 18.5. The van der Waals surface area contributed by atoms with E-state index in [0.717, 1.165) is 0 Å². The number of rotatable bonds is 5. The zero-order valence-corrected chi connectivity index (χ0v) is 16.1. The van der Waals surface area contributed by atoms with Crippen molar-refractivity contribution < 1.29 is 9.53 Å². The molecule has 0 radical (unpaired) electrons. The van der Waals surface area contributed by atoms with E-state index in [2.05, 4.69) is 20.8 Å². The minimum atomic E-state index is -0.474. The second-order valence-corrected chi connectivity index (χ2v) is 7.21. The fourth-order valence-corrected chi connectivity index (χ4v) is 3.03. The minimum absolute atomic E-state index is 0.192.